The summed E-state index contributed by atoms with van der Waals surface area (Å²) >= 11 is 0. The first-order chi connectivity index (χ1) is 10.7. The SMILES string of the molecule is Cc1ccc(=O)n(Cc2ncnn2CCc2ccccc2)n1. The van der Waals surface area contributed by atoms with Crippen molar-refractivity contribution in [3.63, 3.8) is 0 Å². The van der Waals surface area contributed by atoms with E-state index in [4.69, 9.17) is 0 Å². The molecule has 6 nitrogen and oxygen atoms in total. The molecule has 0 aliphatic carbocycles. The molecule has 0 saturated heterocycles. The molecule has 0 saturated carbocycles. The molecule has 6 heteroatoms. The molecule has 0 bridgehead atoms. The number of hydrogen-bond acceptors (Lipinski definition) is 4. The van der Waals surface area contributed by atoms with Crippen LogP contribution in [-0.2, 0) is 19.5 Å². The van der Waals surface area contributed by atoms with Crippen molar-refractivity contribution in [2.24, 2.45) is 0 Å². The van der Waals surface area contributed by atoms with Crippen LogP contribution in [0.25, 0.3) is 0 Å². The third kappa shape index (κ3) is 3.28. The van der Waals surface area contributed by atoms with Gasteiger partial charge in [-0.2, -0.15) is 10.2 Å². The normalized spacial score (nSPS) is 10.8. The Bertz CT molecular complexity index is 807. The lowest BCUT2D eigenvalue weighted by atomic mass is 10.1. The van der Waals surface area contributed by atoms with Gasteiger partial charge in [0, 0.05) is 12.6 Å². The summed E-state index contributed by atoms with van der Waals surface area (Å²) in [5.41, 5.74) is 1.91. The Hall–Kier alpha value is -2.76. The molecule has 22 heavy (non-hydrogen) atoms. The number of aryl methyl sites for hydroxylation is 3. The summed E-state index contributed by atoms with van der Waals surface area (Å²) in [6.07, 6.45) is 2.38. The van der Waals surface area contributed by atoms with Gasteiger partial charge in [0.15, 0.2) is 0 Å². The van der Waals surface area contributed by atoms with Crippen molar-refractivity contribution in [3.8, 4) is 0 Å². The van der Waals surface area contributed by atoms with Crippen molar-refractivity contribution in [3.05, 3.63) is 76.2 Å². The van der Waals surface area contributed by atoms with Crippen LogP contribution in [0.15, 0.2) is 53.6 Å². The zero-order chi connectivity index (χ0) is 15.4. The summed E-state index contributed by atoms with van der Waals surface area (Å²) in [4.78, 5) is 16.1. The van der Waals surface area contributed by atoms with E-state index in [2.05, 4.69) is 27.3 Å². The molecule has 0 N–H and O–H groups in total. The van der Waals surface area contributed by atoms with Crippen molar-refractivity contribution in [1.82, 2.24) is 24.5 Å². The van der Waals surface area contributed by atoms with E-state index in [1.165, 1.54) is 22.6 Å². The smallest absolute Gasteiger partial charge is 0.267 e. The van der Waals surface area contributed by atoms with E-state index in [0.29, 0.717) is 6.54 Å². The van der Waals surface area contributed by atoms with Crippen LogP contribution in [0.2, 0.25) is 0 Å². The zero-order valence-electron chi connectivity index (χ0n) is 12.4. The van der Waals surface area contributed by atoms with Gasteiger partial charge in [0.1, 0.15) is 18.7 Å². The van der Waals surface area contributed by atoms with Crippen molar-refractivity contribution < 1.29 is 0 Å². The molecule has 0 atom stereocenters. The zero-order valence-corrected chi connectivity index (χ0v) is 12.4. The Labute approximate surface area is 128 Å². The average molecular weight is 295 g/mol. The highest BCUT2D eigenvalue weighted by Crippen LogP contribution is 2.03. The van der Waals surface area contributed by atoms with E-state index in [0.717, 1.165) is 24.5 Å². The Kier molecular flexibility index (Phi) is 4.09. The fourth-order valence-electron chi connectivity index (χ4n) is 2.28. The van der Waals surface area contributed by atoms with Crippen molar-refractivity contribution >= 4 is 0 Å². The number of rotatable bonds is 5. The molecule has 0 fully saturated rings. The first-order valence-electron chi connectivity index (χ1n) is 7.18. The lowest BCUT2D eigenvalue weighted by Gasteiger charge is -2.08. The van der Waals surface area contributed by atoms with Crippen LogP contribution in [-0.4, -0.2) is 24.5 Å². The molecular weight excluding hydrogens is 278 g/mol. The van der Waals surface area contributed by atoms with E-state index in [-0.39, 0.29) is 5.56 Å². The quantitative estimate of drug-likeness (QED) is 0.714. The van der Waals surface area contributed by atoms with Gasteiger partial charge < -0.3 is 0 Å². The van der Waals surface area contributed by atoms with Gasteiger partial charge in [0.25, 0.3) is 5.56 Å². The Morgan fingerprint density at radius 3 is 2.68 bits per heavy atom. The summed E-state index contributed by atoms with van der Waals surface area (Å²) in [5.74, 6) is 0.733. The fourth-order valence-corrected chi connectivity index (χ4v) is 2.28. The monoisotopic (exact) mass is 295 g/mol. The maximum atomic E-state index is 11.8. The maximum absolute atomic E-state index is 11.8. The van der Waals surface area contributed by atoms with E-state index < -0.39 is 0 Å². The van der Waals surface area contributed by atoms with E-state index >= 15 is 0 Å². The van der Waals surface area contributed by atoms with Crippen LogP contribution < -0.4 is 5.56 Å². The van der Waals surface area contributed by atoms with Gasteiger partial charge in [-0.05, 0) is 25.0 Å². The summed E-state index contributed by atoms with van der Waals surface area (Å²) in [6.45, 7) is 2.91. The molecule has 0 radical (unpaired) electrons. The van der Waals surface area contributed by atoms with Crippen molar-refractivity contribution in [2.75, 3.05) is 0 Å². The Morgan fingerprint density at radius 1 is 1.05 bits per heavy atom. The van der Waals surface area contributed by atoms with E-state index in [1.807, 2.05) is 29.8 Å². The molecule has 0 spiro atoms. The van der Waals surface area contributed by atoms with Crippen LogP contribution in [0, 0.1) is 6.92 Å². The minimum atomic E-state index is -0.136. The van der Waals surface area contributed by atoms with E-state index in [1.54, 1.807) is 6.07 Å². The second kappa shape index (κ2) is 6.34. The minimum Gasteiger partial charge on any atom is -0.268 e. The van der Waals surface area contributed by atoms with Crippen molar-refractivity contribution in [1.29, 1.82) is 0 Å². The van der Waals surface area contributed by atoms with Crippen LogP contribution in [0.3, 0.4) is 0 Å². The van der Waals surface area contributed by atoms with Gasteiger partial charge in [0.2, 0.25) is 0 Å². The second-order valence-electron chi connectivity index (χ2n) is 5.11. The summed E-state index contributed by atoms with van der Waals surface area (Å²) < 4.78 is 3.24. The largest absolute Gasteiger partial charge is 0.268 e. The molecule has 1 aromatic carbocycles. The average Bonchev–Trinajstić information content (AvgIpc) is 2.97. The van der Waals surface area contributed by atoms with Gasteiger partial charge in [-0.25, -0.2) is 14.3 Å². The lowest BCUT2D eigenvalue weighted by molar-refractivity contribution is 0.531. The summed E-state index contributed by atoms with van der Waals surface area (Å²) in [6, 6.07) is 13.4. The van der Waals surface area contributed by atoms with Crippen LogP contribution >= 0.6 is 0 Å². The van der Waals surface area contributed by atoms with Gasteiger partial charge >= 0.3 is 0 Å². The van der Waals surface area contributed by atoms with Crippen LogP contribution in [0.4, 0.5) is 0 Å². The second-order valence-corrected chi connectivity index (χ2v) is 5.11. The van der Waals surface area contributed by atoms with Crippen molar-refractivity contribution in [2.45, 2.75) is 26.4 Å². The molecule has 0 amide bonds. The van der Waals surface area contributed by atoms with Gasteiger partial charge in [-0.1, -0.05) is 30.3 Å². The number of aromatic nitrogens is 5. The predicted octanol–water partition coefficient (Wildman–Crippen LogP) is 1.43. The molecule has 3 aromatic rings. The van der Waals surface area contributed by atoms with Gasteiger partial charge in [-0.15, -0.1) is 0 Å². The first kappa shape index (κ1) is 14.2. The molecular formula is C16H17N5O. The molecule has 2 aromatic heterocycles. The lowest BCUT2D eigenvalue weighted by Crippen LogP contribution is -2.25. The molecule has 3 rings (SSSR count). The minimum absolute atomic E-state index is 0.136. The summed E-state index contributed by atoms with van der Waals surface area (Å²) in [7, 11) is 0. The van der Waals surface area contributed by atoms with Crippen LogP contribution in [0.1, 0.15) is 17.1 Å². The third-order valence-corrected chi connectivity index (χ3v) is 3.44. The fraction of sp³-hybridized carbons (Fsp3) is 0.250. The molecule has 0 aliphatic rings. The highest BCUT2D eigenvalue weighted by Gasteiger charge is 2.07. The molecule has 2 heterocycles. The molecule has 0 aliphatic heterocycles. The first-order valence-corrected chi connectivity index (χ1v) is 7.18. The van der Waals surface area contributed by atoms with Gasteiger partial charge in [-0.3, -0.25) is 4.79 Å². The topological polar surface area (TPSA) is 65.6 Å². The Balaban J connectivity index is 1.75. The highest BCUT2D eigenvalue weighted by molar-refractivity contribution is 5.14. The number of benzene rings is 1. The number of hydrogen-bond donors (Lipinski definition) is 0. The predicted molar refractivity (Wildman–Crippen MR) is 82.5 cm³/mol. The molecule has 112 valence electrons. The molecule has 0 unspecified atom stereocenters. The standard InChI is InChI=1S/C16H17N5O/c1-13-7-8-16(22)21(19-13)11-15-17-12-18-20(15)10-9-14-5-3-2-4-6-14/h2-8,12H,9-11H2,1H3. The third-order valence-electron chi connectivity index (χ3n) is 3.44. The number of nitrogens with zero attached hydrogens (tertiary/aromatic N) is 5. The summed E-state index contributed by atoms with van der Waals surface area (Å²) in [5, 5.41) is 8.47. The Morgan fingerprint density at radius 2 is 1.86 bits per heavy atom. The van der Waals surface area contributed by atoms with E-state index in [9.17, 15) is 4.79 Å². The maximum Gasteiger partial charge on any atom is 0.267 e. The van der Waals surface area contributed by atoms with Gasteiger partial charge in [0.05, 0.1) is 5.69 Å². The highest BCUT2D eigenvalue weighted by atomic mass is 16.1. The van der Waals surface area contributed by atoms with Crippen LogP contribution in [0.5, 0.6) is 0 Å².